The molecule has 0 saturated heterocycles. The molecule has 0 unspecified atom stereocenters. The first-order valence-corrected chi connectivity index (χ1v) is 7.81. The normalized spacial score (nSPS) is 10.8. The Labute approximate surface area is 125 Å². The summed E-state index contributed by atoms with van der Waals surface area (Å²) < 4.78 is 4.14. The van der Waals surface area contributed by atoms with E-state index >= 15 is 0 Å². The summed E-state index contributed by atoms with van der Waals surface area (Å²) in [5, 5.41) is 9.14. The summed E-state index contributed by atoms with van der Waals surface area (Å²) in [5.74, 6) is 1.84. The van der Waals surface area contributed by atoms with Gasteiger partial charge in [0.25, 0.3) is 0 Å². The second-order valence-electron chi connectivity index (χ2n) is 3.48. The maximum Gasteiger partial charge on any atom is 0.164 e. The highest BCUT2D eigenvalue weighted by Crippen LogP contribution is 2.27. The molecule has 1 heterocycles. The molecule has 0 aliphatic carbocycles. The van der Waals surface area contributed by atoms with Gasteiger partial charge in [0.15, 0.2) is 5.82 Å². The Morgan fingerprint density at radius 2 is 1.76 bits per heavy atom. The molecular formula is C11H10Br3N3. The lowest BCUT2D eigenvalue weighted by molar-refractivity contribution is 0.733. The van der Waals surface area contributed by atoms with Crippen LogP contribution in [0.5, 0.6) is 0 Å². The summed E-state index contributed by atoms with van der Waals surface area (Å²) in [5.41, 5.74) is 1.05. The zero-order chi connectivity index (χ0) is 12.4. The Morgan fingerprint density at radius 3 is 2.29 bits per heavy atom. The summed E-state index contributed by atoms with van der Waals surface area (Å²) in [7, 11) is 0. The third kappa shape index (κ3) is 2.80. The average molecular weight is 424 g/mol. The van der Waals surface area contributed by atoms with Crippen LogP contribution < -0.4 is 0 Å². The van der Waals surface area contributed by atoms with Gasteiger partial charge in [0, 0.05) is 21.1 Å². The highest BCUT2D eigenvalue weighted by molar-refractivity contribution is 9.11. The van der Waals surface area contributed by atoms with Crippen molar-refractivity contribution in [2.75, 3.05) is 0 Å². The van der Waals surface area contributed by atoms with E-state index in [0.717, 1.165) is 32.7 Å². The Bertz CT molecular complexity index is 517. The van der Waals surface area contributed by atoms with Gasteiger partial charge in [-0.25, -0.2) is 0 Å². The van der Waals surface area contributed by atoms with Crippen molar-refractivity contribution in [3.8, 4) is 11.4 Å². The minimum absolute atomic E-state index is 0.711. The molecule has 0 amide bonds. The number of hydrogen-bond donors (Lipinski definition) is 0. The van der Waals surface area contributed by atoms with E-state index in [0.29, 0.717) is 5.33 Å². The standard InChI is InChI=1S/C11H10Br3N3/c1-2-17-10(6-12)15-16-11(17)7-3-8(13)5-9(14)4-7/h3-5H,2,6H2,1H3. The van der Waals surface area contributed by atoms with Crippen molar-refractivity contribution in [3.05, 3.63) is 33.0 Å². The first kappa shape index (κ1) is 13.2. The Morgan fingerprint density at radius 1 is 1.12 bits per heavy atom. The number of nitrogens with zero attached hydrogens (tertiary/aromatic N) is 3. The first-order chi connectivity index (χ1) is 8.15. The van der Waals surface area contributed by atoms with Crippen LogP contribution in [0, 0.1) is 0 Å². The van der Waals surface area contributed by atoms with Gasteiger partial charge in [-0.1, -0.05) is 47.8 Å². The smallest absolute Gasteiger partial charge is 0.164 e. The molecule has 1 aromatic heterocycles. The SMILES string of the molecule is CCn1c(CBr)nnc1-c1cc(Br)cc(Br)c1. The van der Waals surface area contributed by atoms with Gasteiger partial charge in [0.1, 0.15) is 5.82 Å². The van der Waals surface area contributed by atoms with Gasteiger partial charge in [-0.2, -0.15) is 0 Å². The van der Waals surface area contributed by atoms with Crippen molar-refractivity contribution in [1.82, 2.24) is 14.8 Å². The van der Waals surface area contributed by atoms with Crippen molar-refractivity contribution in [1.29, 1.82) is 0 Å². The molecule has 0 bridgehead atoms. The molecule has 2 rings (SSSR count). The van der Waals surface area contributed by atoms with Crippen molar-refractivity contribution in [2.45, 2.75) is 18.8 Å². The number of hydrogen-bond acceptors (Lipinski definition) is 2. The molecule has 0 saturated carbocycles. The molecule has 3 nitrogen and oxygen atoms in total. The van der Waals surface area contributed by atoms with Crippen LogP contribution in [0.15, 0.2) is 27.1 Å². The second kappa shape index (κ2) is 5.63. The maximum absolute atomic E-state index is 4.25. The average Bonchev–Trinajstić information content (AvgIpc) is 2.70. The summed E-state index contributed by atoms with van der Waals surface area (Å²) in [6.45, 7) is 2.94. The van der Waals surface area contributed by atoms with Gasteiger partial charge in [0.05, 0.1) is 5.33 Å². The minimum Gasteiger partial charge on any atom is -0.311 e. The Balaban J connectivity index is 2.55. The summed E-state index contributed by atoms with van der Waals surface area (Å²) in [6, 6.07) is 6.08. The van der Waals surface area contributed by atoms with E-state index in [-0.39, 0.29) is 0 Å². The lowest BCUT2D eigenvalue weighted by Gasteiger charge is -2.07. The number of aromatic nitrogens is 3. The topological polar surface area (TPSA) is 30.7 Å². The quantitative estimate of drug-likeness (QED) is 0.686. The molecule has 6 heteroatoms. The molecule has 0 spiro atoms. The van der Waals surface area contributed by atoms with Crippen LogP contribution in [0.2, 0.25) is 0 Å². The molecule has 2 aromatic rings. The predicted octanol–water partition coefficient (Wildman–Crippen LogP) is 4.38. The largest absolute Gasteiger partial charge is 0.311 e. The molecule has 0 aliphatic heterocycles. The van der Waals surface area contributed by atoms with Gasteiger partial charge < -0.3 is 4.57 Å². The van der Waals surface area contributed by atoms with Crippen LogP contribution in [0.3, 0.4) is 0 Å². The van der Waals surface area contributed by atoms with E-state index in [9.17, 15) is 0 Å². The van der Waals surface area contributed by atoms with Gasteiger partial charge in [-0.3, -0.25) is 0 Å². The van der Waals surface area contributed by atoms with Crippen LogP contribution in [-0.2, 0) is 11.9 Å². The highest BCUT2D eigenvalue weighted by atomic mass is 79.9. The van der Waals surface area contributed by atoms with Gasteiger partial charge in [-0.05, 0) is 25.1 Å². The highest BCUT2D eigenvalue weighted by Gasteiger charge is 2.12. The molecule has 90 valence electrons. The lowest BCUT2D eigenvalue weighted by atomic mass is 10.2. The van der Waals surface area contributed by atoms with Gasteiger partial charge in [-0.15, -0.1) is 10.2 Å². The van der Waals surface area contributed by atoms with E-state index in [1.54, 1.807) is 0 Å². The van der Waals surface area contributed by atoms with E-state index in [1.165, 1.54) is 0 Å². The van der Waals surface area contributed by atoms with Gasteiger partial charge >= 0.3 is 0 Å². The van der Waals surface area contributed by atoms with Crippen LogP contribution in [0.4, 0.5) is 0 Å². The monoisotopic (exact) mass is 421 g/mol. The first-order valence-electron chi connectivity index (χ1n) is 5.10. The van der Waals surface area contributed by atoms with Crippen LogP contribution >= 0.6 is 47.8 Å². The van der Waals surface area contributed by atoms with E-state index < -0.39 is 0 Å². The number of rotatable bonds is 3. The van der Waals surface area contributed by atoms with E-state index in [2.05, 4.69) is 69.5 Å². The van der Waals surface area contributed by atoms with Crippen molar-refractivity contribution < 1.29 is 0 Å². The fourth-order valence-electron chi connectivity index (χ4n) is 1.66. The maximum atomic E-state index is 4.25. The van der Waals surface area contributed by atoms with Crippen LogP contribution in [0.25, 0.3) is 11.4 Å². The lowest BCUT2D eigenvalue weighted by Crippen LogP contribution is -2.01. The molecule has 0 N–H and O–H groups in total. The molecule has 0 radical (unpaired) electrons. The van der Waals surface area contributed by atoms with E-state index in [1.807, 2.05) is 18.2 Å². The van der Waals surface area contributed by atoms with Crippen molar-refractivity contribution >= 4 is 47.8 Å². The summed E-state index contributed by atoms with van der Waals surface area (Å²) >= 11 is 10.4. The van der Waals surface area contributed by atoms with Gasteiger partial charge in [0.2, 0.25) is 0 Å². The third-order valence-electron chi connectivity index (χ3n) is 2.38. The van der Waals surface area contributed by atoms with E-state index in [4.69, 9.17) is 0 Å². The van der Waals surface area contributed by atoms with Crippen LogP contribution in [0.1, 0.15) is 12.7 Å². The molecule has 17 heavy (non-hydrogen) atoms. The fourth-order valence-corrected chi connectivity index (χ4v) is 3.37. The second-order valence-corrected chi connectivity index (χ2v) is 5.87. The summed E-state index contributed by atoms with van der Waals surface area (Å²) in [6.07, 6.45) is 0. The Hall–Kier alpha value is -0.200. The minimum atomic E-state index is 0.711. The number of halogens is 3. The molecular weight excluding hydrogens is 414 g/mol. The molecule has 0 aliphatic rings. The van der Waals surface area contributed by atoms with Crippen molar-refractivity contribution in [2.24, 2.45) is 0 Å². The zero-order valence-electron chi connectivity index (χ0n) is 9.12. The molecule has 0 atom stereocenters. The third-order valence-corrected chi connectivity index (χ3v) is 3.80. The summed E-state index contributed by atoms with van der Waals surface area (Å²) in [4.78, 5) is 0. The Kier molecular flexibility index (Phi) is 4.38. The molecule has 1 aromatic carbocycles. The van der Waals surface area contributed by atoms with Crippen molar-refractivity contribution in [3.63, 3.8) is 0 Å². The number of alkyl halides is 1. The van der Waals surface area contributed by atoms with Crippen LogP contribution in [-0.4, -0.2) is 14.8 Å². The molecule has 0 fully saturated rings. The number of benzene rings is 1. The fraction of sp³-hybridized carbons (Fsp3) is 0.273. The predicted molar refractivity (Wildman–Crippen MR) is 79.2 cm³/mol. The zero-order valence-corrected chi connectivity index (χ0v) is 13.9.